The SMILES string of the molecule is C.C#CC[C@H](C)C(=O)O.C#CC[C@H](C)C(=O)OCc1ccccc1.CC.CC(=O)OCc1ccccc1.CO.C[C@@H](Cc1cn(Cc2ccccc2)nn1)C(=O)OCc1ccccc1.C[C@@H](Cc1cn(Cc2ccccc2)nn1)C(=O)OCc1ccccc1.C[C@@H](Cc1cn[nH]n1)C(=O)O.OC1CCCO1.[CH3-].[Pd]. The number of aliphatic carboxylic acids is 2. The van der Waals surface area contributed by atoms with Crippen LogP contribution in [0.2, 0.25) is 0 Å². The molecule has 1 saturated heterocycles. The second-order valence-electron chi connectivity index (χ2n) is 23.4. The van der Waals surface area contributed by atoms with E-state index in [2.05, 4.69) is 47.9 Å². The number of carbonyl (C=O) groups excluding carboxylic acids is 4. The van der Waals surface area contributed by atoms with E-state index in [0.717, 1.165) is 71.3 Å². The number of carbonyl (C=O) groups is 6. The Labute approximate surface area is 651 Å². The molecule has 1 aliphatic rings. The average molecular weight is 1580 g/mol. The van der Waals surface area contributed by atoms with Gasteiger partial charge in [0.05, 0.1) is 66.0 Å². The van der Waals surface area contributed by atoms with Crippen LogP contribution < -0.4 is 0 Å². The van der Waals surface area contributed by atoms with Crippen LogP contribution in [0.1, 0.15) is 139 Å². The number of ether oxygens (including phenoxy) is 5. The number of carboxylic acids is 2. The number of rotatable bonds is 25. The van der Waals surface area contributed by atoms with Crippen LogP contribution in [-0.2, 0) is 132 Å². The van der Waals surface area contributed by atoms with Gasteiger partial charge in [-0.2, -0.15) is 15.4 Å². The predicted octanol–water partition coefficient (Wildman–Crippen LogP) is 13.3. The van der Waals surface area contributed by atoms with E-state index >= 15 is 0 Å². The van der Waals surface area contributed by atoms with Gasteiger partial charge >= 0.3 is 35.8 Å². The summed E-state index contributed by atoms with van der Waals surface area (Å²) >= 11 is 0. The molecule has 25 heteroatoms. The third-order valence-corrected chi connectivity index (χ3v) is 14.3. The number of benzene rings is 6. The number of aliphatic hydroxyl groups is 2. The molecule has 4 heterocycles. The van der Waals surface area contributed by atoms with Crippen molar-refractivity contribution in [2.24, 2.45) is 29.6 Å². The summed E-state index contributed by atoms with van der Waals surface area (Å²) < 4.78 is 28.9. The van der Waals surface area contributed by atoms with Crippen molar-refractivity contribution in [3.63, 3.8) is 0 Å². The van der Waals surface area contributed by atoms with Crippen LogP contribution in [0, 0.1) is 61.7 Å². The summed E-state index contributed by atoms with van der Waals surface area (Å²) in [7, 11) is 1.00. The second kappa shape index (κ2) is 61.4. The molecule has 586 valence electrons. The molecular formula is C83H108N9O15Pd-. The number of aromatic nitrogens is 9. The van der Waals surface area contributed by atoms with E-state index in [0.29, 0.717) is 77.3 Å². The molecule has 0 aliphatic carbocycles. The molecule has 5 N–H and O–H groups in total. The Morgan fingerprint density at radius 2 is 0.824 bits per heavy atom. The maximum Gasteiger partial charge on any atom is 0.309 e. The van der Waals surface area contributed by atoms with Gasteiger partial charge < -0.3 is 51.5 Å². The number of aromatic amines is 1. The normalized spacial score (nSPS) is 12.2. The summed E-state index contributed by atoms with van der Waals surface area (Å²) in [6.45, 7) is 17.4. The summed E-state index contributed by atoms with van der Waals surface area (Å²) in [5, 5.41) is 58.6. The molecule has 0 amide bonds. The minimum Gasteiger partial charge on any atom is -0.481 e. The zero-order valence-electron chi connectivity index (χ0n) is 62.7. The minimum absolute atomic E-state index is 0. The van der Waals surface area contributed by atoms with Gasteiger partial charge in [-0.3, -0.25) is 28.8 Å². The van der Waals surface area contributed by atoms with Crippen molar-refractivity contribution in [2.75, 3.05) is 13.7 Å². The third-order valence-electron chi connectivity index (χ3n) is 14.3. The maximum absolute atomic E-state index is 12.1. The Kier molecular flexibility index (Phi) is 56.4. The molecule has 24 nitrogen and oxygen atoms in total. The van der Waals surface area contributed by atoms with Gasteiger partial charge in [-0.15, -0.1) is 34.9 Å². The van der Waals surface area contributed by atoms with Crippen LogP contribution in [0.25, 0.3) is 0 Å². The fraction of sp³-hybridized carbons (Fsp3) is 0.361. The number of hydrogen-bond acceptors (Lipinski definition) is 19. The molecule has 0 radical (unpaired) electrons. The zero-order chi connectivity index (χ0) is 77.4. The first-order chi connectivity index (χ1) is 50.7. The Morgan fingerprint density at radius 3 is 1.09 bits per heavy atom. The molecule has 1 fully saturated rings. The van der Waals surface area contributed by atoms with Crippen molar-refractivity contribution in [3.05, 3.63) is 258 Å². The molecule has 6 atom stereocenters. The van der Waals surface area contributed by atoms with Crippen molar-refractivity contribution in [1.29, 1.82) is 0 Å². The van der Waals surface area contributed by atoms with Crippen LogP contribution in [0.15, 0.2) is 201 Å². The Bertz CT molecular complexity index is 3720. The first kappa shape index (κ1) is 99.3. The predicted molar refractivity (Wildman–Crippen MR) is 411 cm³/mol. The molecule has 10 rings (SSSR count). The van der Waals surface area contributed by atoms with E-state index in [9.17, 15) is 28.8 Å². The minimum atomic E-state index is -0.831. The summed E-state index contributed by atoms with van der Waals surface area (Å²) in [6.07, 6.45) is 18.8. The fourth-order valence-electron chi connectivity index (χ4n) is 8.54. The molecule has 1 aliphatic heterocycles. The van der Waals surface area contributed by atoms with E-state index < -0.39 is 30.1 Å². The van der Waals surface area contributed by atoms with E-state index in [1.165, 1.54) is 13.1 Å². The van der Waals surface area contributed by atoms with Gasteiger partial charge in [0.1, 0.15) is 26.4 Å². The second-order valence-corrected chi connectivity index (χ2v) is 23.4. The number of nitrogens with zero attached hydrogens (tertiary/aromatic N) is 8. The molecule has 6 aromatic carbocycles. The first-order valence-corrected chi connectivity index (χ1v) is 34.3. The number of H-pyrrole nitrogens is 1. The molecule has 108 heavy (non-hydrogen) atoms. The van der Waals surface area contributed by atoms with Crippen molar-refractivity contribution < 1.29 is 93.3 Å². The molecule has 0 spiro atoms. The monoisotopic (exact) mass is 1580 g/mol. The Hall–Kier alpha value is -10.8. The maximum atomic E-state index is 12.1. The van der Waals surface area contributed by atoms with Gasteiger partial charge in [-0.05, 0) is 39.8 Å². The number of nitrogens with one attached hydrogen (secondary N) is 1. The summed E-state index contributed by atoms with van der Waals surface area (Å²) in [5.41, 5.74) is 8.55. The van der Waals surface area contributed by atoms with Crippen LogP contribution >= 0.6 is 0 Å². The van der Waals surface area contributed by atoms with Gasteiger partial charge in [-0.1, -0.05) is 248 Å². The van der Waals surface area contributed by atoms with Crippen molar-refractivity contribution in [3.8, 4) is 24.7 Å². The number of aliphatic hydroxyl groups excluding tert-OH is 2. The largest absolute Gasteiger partial charge is 0.481 e. The Morgan fingerprint density at radius 1 is 0.509 bits per heavy atom. The van der Waals surface area contributed by atoms with Crippen LogP contribution in [-0.4, -0.2) is 122 Å². The van der Waals surface area contributed by atoms with E-state index in [1.54, 1.807) is 30.1 Å². The average Bonchev–Trinajstić information content (AvgIpc) is 1.74. The quantitative estimate of drug-likeness (QED) is 0.0117. The fourth-order valence-corrected chi connectivity index (χ4v) is 8.54. The van der Waals surface area contributed by atoms with Crippen LogP contribution in [0.4, 0.5) is 0 Å². The van der Waals surface area contributed by atoms with Gasteiger partial charge in [0, 0.05) is 92.0 Å². The molecule has 9 aromatic rings. The molecule has 1 unspecified atom stereocenters. The van der Waals surface area contributed by atoms with Crippen molar-refractivity contribution >= 4 is 35.8 Å². The summed E-state index contributed by atoms with van der Waals surface area (Å²) in [5.74, 6) is 0.602. The van der Waals surface area contributed by atoms with Gasteiger partial charge in [-0.25, -0.2) is 9.36 Å². The molecule has 3 aromatic heterocycles. The smallest absolute Gasteiger partial charge is 0.309 e. The number of carboxylic acid groups (broad SMARTS) is 2. The first-order valence-electron chi connectivity index (χ1n) is 34.3. The third kappa shape index (κ3) is 46.2. The van der Waals surface area contributed by atoms with Crippen LogP contribution in [0.3, 0.4) is 0 Å². The summed E-state index contributed by atoms with van der Waals surface area (Å²) in [4.78, 5) is 66.4. The zero-order valence-corrected chi connectivity index (χ0v) is 64.3. The van der Waals surface area contributed by atoms with Gasteiger partial charge in [0.15, 0.2) is 6.29 Å². The van der Waals surface area contributed by atoms with E-state index in [-0.39, 0.29) is 76.9 Å². The van der Waals surface area contributed by atoms with Gasteiger partial charge in [0.25, 0.3) is 0 Å². The van der Waals surface area contributed by atoms with E-state index in [4.69, 9.17) is 57.0 Å². The Balaban J connectivity index is 0. The topological polar surface area (TPSA) is 332 Å². The number of terminal acetylenes is 2. The molecule has 0 bridgehead atoms. The van der Waals surface area contributed by atoms with Gasteiger partial charge in [0.2, 0.25) is 0 Å². The van der Waals surface area contributed by atoms with Crippen molar-refractivity contribution in [1.82, 2.24) is 45.4 Å². The molecular weight excluding hydrogens is 1470 g/mol. The molecule has 0 saturated carbocycles. The van der Waals surface area contributed by atoms with Crippen molar-refractivity contribution in [2.45, 2.75) is 154 Å². The number of hydrogen-bond donors (Lipinski definition) is 5. The van der Waals surface area contributed by atoms with E-state index in [1.807, 2.05) is 222 Å². The summed E-state index contributed by atoms with van der Waals surface area (Å²) in [6, 6.07) is 58.7. The van der Waals surface area contributed by atoms with Crippen LogP contribution in [0.5, 0.6) is 0 Å². The number of esters is 4. The standard InChI is InChI=1S/2C20H21N3O2.C13H14O2.C9H10O2.C6H9N3O2.C6H8O2.C4H8O2.C2H6.CH4O.CH4.CH3.Pd/c2*1-16(20(24)25-15-18-10-6-3-7-11-18)12-19-14-23(22-21-19)13-17-8-4-2-5-9-17;1-3-7-11(2)13(14)15-10-12-8-5-4-6-9-12;1-8(10)11-7-9-5-3-2-4-6-9;1-4(6(10)11)2-5-3-7-9-8-5;1-3-4-5(2)6(7)8;5-4-2-1-3-6-4;2*1-2;;;/h2*2-11,14,16H,12-13,15H2,1H3;1,4-6,8-9,11H,7,10H2,2H3;2-6H,7H2,1H3;3-4H,2H2,1H3,(H,10,11)(H,7,8,9);1,5H,4H2,2H3,(H,7,8);4-5H,1-3H2;1-2H3;2H,1H3;1H4;1H3;/q;;;;;;;;;;-1;/t2*16-;11-;;4-;5-;;;;;;/m000.00....../s1.